The molecule has 0 spiro atoms. The quantitative estimate of drug-likeness (QED) is 0.498. The maximum absolute atomic E-state index is 11.3. The monoisotopic (exact) mass is 314 g/mol. The summed E-state index contributed by atoms with van der Waals surface area (Å²) in [5, 5.41) is 9.61. The fourth-order valence-corrected chi connectivity index (χ4v) is 3.35. The molecule has 1 rings (SSSR count). The molecule has 5 heteroatoms. The molecule has 1 aromatic rings. The third-order valence-electron chi connectivity index (χ3n) is 3.63. The fourth-order valence-electron chi connectivity index (χ4n) is 2.52. The van der Waals surface area contributed by atoms with E-state index in [1.807, 2.05) is 0 Å². The van der Waals surface area contributed by atoms with Gasteiger partial charge in [-0.1, -0.05) is 64.0 Å². The third-order valence-corrected chi connectivity index (χ3v) is 4.62. The van der Waals surface area contributed by atoms with Crippen LogP contribution >= 0.6 is 0 Å². The first kappa shape index (κ1) is 18.0. The Kier molecular flexibility index (Phi) is 7.75. The molecule has 0 saturated carbocycles. The van der Waals surface area contributed by atoms with E-state index in [0.717, 1.165) is 19.3 Å². The van der Waals surface area contributed by atoms with Gasteiger partial charge in [0.05, 0.1) is 0 Å². The molecular weight excluding hydrogens is 288 g/mol. The molecule has 120 valence electrons. The predicted octanol–water partition coefficient (Wildman–Crippen LogP) is 4.32. The summed E-state index contributed by atoms with van der Waals surface area (Å²) in [6.07, 6.45) is 9.89. The van der Waals surface area contributed by atoms with E-state index in [9.17, 15) is 18.1 Å². The molecule has 0 aromatic heterocycles. The number of rotatable bonds is 10. The summed E-state index contributed by atoms with van der Waals surface area (Å²) < 4.78 is 31.8. The van der Waals surface area contributed by atoms with Crippen molar-refractivity contribution >= 4 is 10.1 Å². The molecule has 0 atom stereocenters. The van der Waals surface area contributed by atoms with Gasteiger partial charge in [-0.3, -0.25) is 4.55 Å². The lowest BCUT2D eigenvalue weighted by Gasteiger charge is -2.08. The fraction of sp³-hybridized carbons (Fsp3) is 0.625. The minimum atomic E-state index is -4.37. The standard InChI is InChI=1S/C16H26O4S/c1-2-3-4-5-6-7-8-9-11-14-12-10-13-15(17)16(14)21(18,19)20/h10,12-13,17H,2-9,11H2,1H3,(H,18,19,20). The highest BCUT2D eigenvalue weighted by Crippen LogP contribution is 2.27. The summed E-state index contributed by atoms with van der Waals surface area (Å²) in [7, 11) is -4.37. The molecule has 0 unspecified atom stereocenters. The zero-order chi connectivity index (χ0) is 15.7. The first-order chi connectivity index (χ1) is 9.96. The number of unbranched alkanes of at least 4 members (excludes halogenated alkanes) is 7. The van der Waals surface area contributed by atoms with Crippen molar-refractivity contribution in [3.8, 4) is 5.75 Å². The molecule has 21 heavy (non-hydrogen) atoms. The summed E-state index contributed by atoms with van der Waals surface area (Å²) in [5.41, 5.74) is 0.489. The van der Waals surface area contributed by atoms with Crippen LogP contribution in [0, 0.1) is 0 Å². The van der Waals surface area contributed by atoms with Crippen LogP contribution in [0.3, 0.4) is 0 Å². The largest absolute Gasteiger partial charge is 0.506 e. The van der Waals surface area contributed by atoms with Crippen LogP contribution in [0.4, 0.5) is 0 Å². The van der Waals surface area contributed by atoms with Crippen LogP contribution in [0.15, 0.2) is 23.1 Å². The zero-order valence-electron chi connectivity index (χ0n) is 12.7. The second-order valence-corrected chi connectivity index (χ2v) is 6.82. The van der Waals surface area contributed by atoms with Crippen LogP contribution in [0.25, 0.3) is 0 Å². The van der Waals surface area contributed by atoms with Gasteiger partial charge in [0.1, 0.15) is 10.6 Å². The SMILES string of the molecule is CCCCCCCCCCc1cccc(O)c1S(=O)(=O)O. The lowest BCUT2D eigenvalue weighted by molar-refractivity contribution is 0.440. The predicted molar refractivity (Wildman–Crippen MR) is 84.2 cm³/mol. The van der Waals surface area contributed by atoms with E-state index in [0.29, 0.717) is 12.0 Å². The Bertz CT molecular complexity index is 523. The highest BCUT2D eigenvalue weighted by Gasteiger charge is 2.19. The number of phenolic OH excluding ortho intramolecular Hbond substituents is 1. The number of hydrogen-bond donors (Lipinski definition) is 2. The number of benzene rings is 1. The van der Waals surface area contributed by atoms with Crippen molar-refractivity contribution in [1.82, 2.24) is 0 Å². The average Bonchev–Trinajstić information content (AvgIpc) is 2.40. The summed E-state index contributed by atoms with van der Waals surface area (Å²) in [6, 6.07) is 4.52. The van der Waals surface area contributed by atoms with Crippen LogP contribution in [0.5, 0.6) is 5.75 Å². The molecule has 0 radical (unpaired) electrons. The Morgan fingerprint density at radius 1 is 0.952 bits per heavy atom. The first-order valence-corrected chi connectivity index (χ1v) is 9.19. The molecule has 2 N–H and O–H groups in total. The van der Waals surface area contributed by atoms with E-state index in [1.165, 1.54) is 38.2 Å². The van der Waals surface area contributed by atoms with E-state index in [4.69, 9.17) is 0 Å². The van der Waals surface area contributed by atoms with Gasteiger partial charge in [0, 0.05) is 0 Å². The normalized spacial score (nSPS) is 11.7. The van der Waals surface area contributed by atoms with Crippen molar-refractivity contribution in [3.05, 3.63) is 23.8 Å². The summed E-state index contributed by atoms with van der Waals surface area (Å²) >= 11 is 0. The molecule has 0 saturated heterocycles. The lowest BCUT2D eigenvalue weighted by atomic mass is 10.0. The Morgan fingerprint density at radius 3 is 2.10 bits per heavy atom. The number of aryl methyl sites for hydroxylation is 1. The first-order valence-electron chi connectivity index (χ1n) is 7.75. The summed E-state index contributed by atoms with van der Waals surface area (Å²) in [6.45, 7) is 2.20. The van der Waals surface area contributed by atoms with Crippen LogP contribution in [-0.4, -0.2) is 18.1 Å². The molecular formula is C16H26O4S. The van der Waals surface area contributed by atoms with Crippen molar-refractivity contribution in [1.29, 1.82) is 0 Å². The van der Waals surface area contributed by atoms with E-state index < -0.39 is 10.1 Å². The number of aromatic hydroxyl groups is 1. The van der Waals surface area contributed by atoms with E-state index >= 15 is 0 Å². The van der Waals surface area contributed by atoms with E-state index in [1.54, 1.807) is 12.1 Å². The molecule has 0 bridgehead atoms. The zero-order valence-corrected chi connectivity index (χ0v) is 13.5. The molecule has 1 aromatic carbocycles. The van der Waals surface area contributed by atoms with Gasteiger partial charge < -0.3 is 5.11 Å². The van der Waals surface area contributed by atoms with E-state index in [-0.39, 0.29) is 10.6 Å². The molecule has 0 aliphatic carbocycles. The summed E-state index contributed by atoms with van der Waals surface area (Å²) in [5.74, 6) is -0.380. The van der Waals surface area contributed by atoms with Crippen molar-refractivity contribution in [2.75, 3.05) is 0 Å². The van der Waals surface area contributed by atoms with Crippen molar-refractivity contribution in [2.24, 2.45) is 0 Å². The van der Waals surface area contributed by atoms with Crippen LogP contribution in [0.2, 0.25) is 0 Å². The van der Waals surface area contributed by atoms with Gasteiger partial charge in [0.2, 0.25) is 0 Å². The lowest BCUT2D eigenvalue weighted by Crippen LogP contribution is -2.03. The summed E-state index contributed by atoms with van der Waals surface area (Å²) in [4.78, 5) is -0.340. The Labute approximate surface area is 128 Å². The Morgan fingerprint density at radius 2 is 1.52 bits per heavy atom. The van der Waals surface area contributed by atoms with Gasteiger partial charge in [-0.05, 0) is 24.5 Å². The average molecular weight is 314 g/mol. The maximum atomic E-state index is 11.3. The second-order valence-electron chi connectivity index (χ2n) is 5.47. The van der Waals surface area contributed by atoms with E-state index in [2.05, 4.69) is 6.92 Å². The van der Waals surface area contributed by atoms with Crippen LogP contribution in [-0.2, 0) is 16.5 Å². The van der Waals surface area contributed by atoms with Crippen molar-refractivity contribution in [2.45, 2.75) is 69.6 Å². The molecule has 4 nitrogen and oxygen atoms in total. The molecule has 0 amide bonds. The molecule has 0 fully saturated rings. The number of phenols is 1. The third kappa shape index (κ3) is 6.48. The number of hydrogen-bond acceptors (Lipinski definition) is 3. The van der Waals surface area contributed by atoms with Gasteiger partial charge >= 0.3 is 0 Å². The van der Waals surface area contributed by atoms with Crippen LogP contribution < -0.4 is 0 Å². The highest BCUT2D eigenvalue weighted by atomic mass is 32.2. The van der Waals surface area contributed by atoms with Crippen LogP contribution in [0.1, 0.15) is 63.9 Å². The van der Waals surface area contributed by atoms with Gasteiger partial charge in [0.15, 0.2) is 0 Å². The Balaban J connectivity index is 2.41. The van der Waals surface area contributed by atoms with Gasteiger partial charge in [-0.15, -0.1) is 0 Å². The van der Waals surface area contributed by atoms with Crippen molar-refractivity contribution < 1.29 is 18.1 Å². The minimum absolute atomic E-state index is 0.340. The van der Waals surface area contributed by atoms with Gasteiger partial charge in [-0.2, -0.15) is 8.42 Å². The smallest absolute Gasteiger partial charge is 0.298 e. The van der Waals surface area contributed by atoms with Gasteiger partial charge in [-0.25, -0.2) is 0 Å². The maximum Gasteiger partial charge on any atom is 0.298 e. The topological polar surface area (TPSA) is 74.6 Å². The molecule has 0 aliphatic rings. The highest BCUT2D eigenvalue weighted by molar-refractivity contribution is 7.86. The second kappa shape index (κ2) is 9.05. The van der Waals surface area contributed by atoms with Crippen molar-refractivity contribution in [3.63, 3.8) is 0 Å². The van der Waals surface area contributed by atoms with Gasteiger partial charge in [0.25, 0.3) is 10.1 Å². The molecule has 0 aliphatic heterocycles. The molecule has 0 heterocycles. The Hall–Kier alpha value is -1.07. The minimum Gasteiger partial charge on any atom is -0.506 e.